The number of thiophene rings is 1. The van der Waals surface area contributed by atoms with Crippen LogP contribution >= 0.6 is 11.3 Å². The fourth-order valence-electron chi connectivity index (χ4n) is 7.08. The predicted octanol–water partition coefficient (Wildman–Crippen LogP) is 11.6. The number of fused-ring (bicyclic) bond motifs is 8. The van der Waals surface area contributed by atoms with E-state index in [2.05, 4.69) is 132 Å². The molecule has 10 rings (SSSR count). The van der Waals surface area contributed by atoms with Crippen LogP contribution in [-0.2, 0) is 0 Å². The number of para-hydroxylation sites is 3. The first-order valence-electron chi connectivity index (χ1n) is 15.5. The highest BCUT2D eigenvalue weighted by Crippen LogP contribution is 2.45. The molecule has 3 nitrogen and oxygen atoms in total. The summed E-state index contributed by atoms with van der Waals surface area (Å²) in [7, 11) is 0. The summed E-state index contributed by atoms with van der Waals surface area (Å²) in [4.78, 5) is 10.7. The molecule has 0 radical (unpaired) electrons. The zero-order valence-corrected chi connectivity index (χ0v) is 25.5. The van der Waals surface area contributed by atoms with Gasteiger partial charge in [-0.2, -0.15) is 0 Å². The number of benzene rings is 7. The van der Waals surface area contributed by atoms with Gasteiger partial charge in [-0.1, -0.05) is 121 Å². The van der Waals surface area contributed by atoms with Crippen molar-refractivity contribution in [3.63, 3.8) is 0 Å². The van der Waals surface area contributed by atoms with Crippen LogP contribution in [0.1, 0.15) is 0 Å². The van der Waals surface area contributed by atoms with E-state index < -0.39 is 0 Å². The molecule has 46 heavy (non-hydrogen) atoms. The smallest absolute Gasteiger partial charge is 0.165 e. The summed E-state index contributed by atoms with van der Waals surface area (Å²) in [6, 6.07) is 54.1. The zero-order chi connectivity index (χ0) is 30.2. The van der Waals surface area contributed by atoms with Gasteiger partial charge in [-0.3, -0.25) is 4.57 Å². The maximum absolute atomic E-state index is 5.41. The van der Waals surface area contributed by atoms with Crippen LogP contribution in [0.3, 0.4) is 0 Å². The van der Waals surface area contributed by atoms with Gasteiger partial charge in [0.25, 0.3) is 0 Å². The van der Waals surface area contributed by atoms with E-state index in [9.17, 15) is 0 Å². The minimum Gasteiger partial charge on any atom is -0.291 e. The number of rotatable bonds is 3. The Morgan fingerprint density at radius 1 is 0.478 bits per heavy atom. The lowest BCUT2D eigenvalue weighted by Crippen LogP contribution is -2.04. The second-order valence-electron chi connectivity index (χ2n) is 11.8. The van der Waals surface area contributed by atoms with Gasteiger partial charge in [0, 0.05) is 47.6 Å². The van der Waals surface area contributed by atoms with Crippen LogP contribution in [0.5, 0.6) is 0 Å². The van der Waals surface area contributed by atoms with Crippen LogP contribution in [0, 0.1) is 0 Å². The Hall–Kier alpha value is -5.84. The first-order chi connectivity index (χ1) is 22.8. The molecule has 0 aliphatic heterocycles. The summed E-state index contributed by atoms with van der Waals surface area (Å²) in [5, 5.41) is 7.41. The molecule has 214 valence electrons. The summed E-state index contributed by atoms with van der Waals surface area (Å²) in [5.41, 5.74) is 8.32. The molecule has 0 N–H and O–H groups in total. The minimum absolute atomic E-state index is 0.830. The molecule has 0 aliphatic carbocycles. The normalized spacial score (nSPS) is 11.9. The van der Waals surface area contributed by atoms with Crippen molar-refractivity contribution in [3.8, 4) is 28.2 Å². The number of nitrogens with zero attached hydrogens (tertiary/aromatic N) is 3. The Bertz CT molecular complexity index is 2810. The zero-order valence-electron chi connectivity index (χ0n) is 24.7. The van der Waals surface area contributed by atoms with Gasteiger partial charge in [-0.05, 0) is 41.1 Å². The van der Waals surface area contributed by atoms with Crippen LogP contribution in [0.4, 0.5) is 0 Å². The van der Waals surface area contributed by atoms with Crippen LogP contribution in [-0.4, -0.2) is 14.5 Å². The molecule has 10 aromatic rings. The molecule has 0 unspecified atom stereocenters. The van der Waals surface area contributed by atoms with E-state index in [0.717, 1.165) is 39.1 Å². The molecule has 3 heterocycles. The summed E-state index contributed by atoms with van der Waals surface area (Å²) >= 11 is 1.87. The molecular formula is C42H25N3S. The molecule has 0 fully saturated rings. The number of hydrogen-bond acceptors (Lipinski definition) is 3. The van der Waals surface area contributed by atoms with Crippen LogP contribution in [0.25, 0.3) is 92.0 Å². The minimum atomic E-state index is 0.830. The molecule has 4 heteroatoms. The van der Waals surface area contributed by atoms with Crippen molar-refractivity contribution < 1.29 is 0 Å². The lowest BCUT2D eigenvalue weighted by Gasteiger charge is -2.16. The van der Waals surface area contributed by atoms with E-state index in [1.54, 1.807) is 0 Å². The topological polar surface area (TPSA) is 30.7 Å². The summed E-state index contributed by atoms with van der Waals surface area (Å²) in [5.74, 6) is 0.830. The molecule has 0 bridgehead atoms. The van der Waals surface area contributed by atoms with Crippen molar-refractivity contribution in [1.29, 1.82) is 0 Å². The third-order valence-electron chi connectivity index (χ3n) is 9.16. The van der Waals surface area contributed by atoms with E-state index in [1.165, 1.54) is 52.8 Å². The first-order valence-corrected chi connectivity index (χ1v) is 16.3. The number of aromatic nitrogens is 3. The van der Waals surface area contributed by atoms with Crippen molar-refractivity contribution in [3.05, 3.63) is 152 Å². The standard InChI is InChI=1S/C42H25N3S/c1-2-12-26(13-3-1)39-42(44-36-22-8-7-21-35(36)43-39)45-37-25-28-15-5-4-14-27(28)24-34(37)31-18-10-17-30(40(31)45)33-20-11-19-32-29-16-6-9-23-38(29)46-41(32)33/h1-25H. The molecule has 3 aromatic heterocycles. The molecule has 0 spiro atoms. The monoisotopic (exact) mass is 603 g/mol. The van der Waals surface area contributed by atoms with Gasteiger partial charge in [0.2, 0.25) is 0 Å². The van der Waals surface area contributed by atoms with Gasteiger partial charge in [0.1, 0.15) is 5.69 Å². The van der Waals surface area contributed by atoms with Crippen LogP contribution in [0.15, 0.2) is 152 Å². The third kappa shape index (κ3) is 3.71. The Labute approximate surface area is 268 Å². The van der Waals surface area contributed by atoms with E-state index in [4.69, 9.17) is 9.97 Å². The SMILES string of the molecule is c1ccc(-c2nc3ccccc3nc2-n2c3cc4ccccc4cc3c3cccc(-c4cccc5c4sc4ccccc45)c32)cc1. The average molecular weight is 604 g/mol. The molecular weight excluding hydrogens is 579 g/mol. The highest BCUT2D eigenvalue weighted by Gasteiger charge is 2.23. The highest BCUT2D eigenvalue weighted by molar-refractivity contribution is 7.26. The van der Waals surface area contributed by atoms with Gasteiger partial charge in [-0.25, -0.2) is 9.97 Å². The Balaban J connectivity index is 1.41. The lowest BCUT2D eigenvalue weighted by atomic mass is 9.99. The van der Waals surface area contributed by atoms with E-state index in [-0.39, 0.29) is 0 Å². The fraction of sp³-hybridized carbons (Fsp3) is 0. The second-order valence-corrected chi connectivity index (χ2v) is 12.8. The molecule has 0 saturated carbocycles. The Kier molecular flexibility index (Phi) is 5.45. The fourth-order valence-corrected chi connectivity index (χ4v) is 8.31. The van der Waals surface area contributed by atoms with Gasteiger partial charge in [0.15, 0.2) is 5.82 Å². The molecule has 7 aromatic carbocycles. The maximum atomic E-state index is 5.41. The summed E-state index contributed by atoms with van der Waals surface area (Å²) < 4.78 is 4.97. The lowest BCUT2D eigenvalue weighted by molar-refractivity contribution is 1.08. The second kappa shape index (κ2) is 9.83. The van der Waals surface area contributed by atoms with Gasteiger partial charge < -0.3 is 0 Å². The Morgan fingerprint density at radius 3 is 1.98 bits per heavy atom. The van der Waals surface area contributed by atoms with Crippen molar-refractivity contribution in [2.24, 2.45) is 0 Å². The van der Waals surface area contributed by atoms with E-state index in [1.807, 2.05) is 35.6 Å². The summed E-state index contributed by atoms with van der Waals surface area (Å²) in [6.45, 7) is 0. The maximum Gasteiger partial charge on any atom is 0.165 e. The first kappa shape index (κ1) is 25.5. The van der Waals surface area contributed by atoms with Crippen molar-refractivity contribution >= 4 is 75.1 Å². The van der Waals surface area contributed by atoms with Crippen molar-refractivity contribution in [2.75, 3.05) is 0 Å². The molecule has 0 amide bonds. The Morgan fingerprint density at radius 2 is 1.13 bits per heavy atom. The number of hydrogen-bond donors (Lipinski definition) is 0. The van der Waals surface area contributed by atoms with Gasteiger partial charge >= 0.3 is 0 Å². The van der Waals surface area contributed by atoms with Gasteiger partial charge in [-0.15, -0.1) is 11.3 Å². The highest BCUT2D eigenvalue weighted by atomic mass is 32.1. The van der Waals surface area contributed by atoms with Crippen molar-refractivity contribution in [2.45, 2.75) is 0 Å². The molecule has 0 saturated heterocycles. The van der Waals surface area contributed by atoms with Gasteiger partial charge in [0.05, 0.1) is 22.1 Å². The van der Waals surface area contributed by atoms with E-state index in [0.29, 0.717) is 0 Å². The van der Waals surface area contributed by atoms with E-state index >= 15 is 0 Å². The third-order valence-corrected chi connectivity index (χ3v) is 10.4. The predicted molar refractivity (Wildman–Crippen MR) is 195 cm³/mol. The molecule has 0 aliphatic rings. The quantitative estimate of drug-likeness (QED) is 0.201. The van der Waals surface area contributed by atoms with Crippen LogP contribution in [0.2, 0.25) is 0 Å². The van der Waals surface area contributed by atoms with Crippen LogP contribution < -0.4 is 0 Å². The average Bonchev–Trinajstić information content (AvgIpc) is 3.66. The summed E-state index contributed by atoms with van der Waals surface area (Å²) in [6.07, 6.45) is 0. The largest absolute Gasteiger partial charge is 0.291 e. The molecule has 0 atom stereocenters. The van der Waals surface area contributed by atoms with Crippen molar-refractivity contribution in [1.82, 2.24) is 14.5 Å².